The van der Waals surface area contributed by atoms with Gasteiger partial charge in [0, 0.05) is 27.5 Å². The zero-order valence-electron chi connectivity index (χ0n) is 21.5. The number of benzene rings is 6. The summed E-state index contributed by atoms with van der Waals surface area (Å²) < 4.78 is 15.3. The maximum absolute atomic E-state index is 6.60. The molecule has 0 saturated heterocycles. The Morgan fingerprint density at radius 2 is 1.18 bits per heavy atom. The van der Waals surface area contributed by atoms with Gasteiger partial charge in [-0.05, 0) is 59.0 Å². The molecule has 0 aliphatic carbocycles. The maximum atomic E-state index is 6.60. The van der Waals surface area contributed by atoms with Crippen molar-refractivity contribution in [2.75, 3.05) is 0 Å². The highest BCUT2D eigenvalue weighted by molar-refractivity contribution is 6.98. The number of aromatic nitrogens is 1. The van der Waals surface area contributed by atoms with Crippen LogP contribution in [0.25, 0.3) is 38.6 Å². The fourth-order valence-electron chi connectivity index (χ4n) is 6.64. The summed E-state index contributed by atoms with van der Waals surface area (Å²) in [4.78, 5) is 0. The highest BCUT2D eigenvalue weighted by Crippen LogP contribution is 2.40. The second-order valence-corrected chi connectivity index (χ2v) is 10.5. The second-order valence-electron chi connectivity index (χ2n) is 10.5. The largest absolute Gasteiger partial charge is 0.458 e. The number of rotatable bonds is 2. The lowest BCUT2D eigenvalue weighted by molar-refractivity contribution is 0.464. The fraction of sp³-hybridized carbons (Fsp3) is 0. The third-order valence-electron chi connectivity index (χ3n) is 8.33. The molecule has 0 spiro atoms. The minimum absolute atomic E-state index is 0.0699. The van der Waals surface area contributed by atoms with Crippen LogP contribution in [0.15, 0.2) is 133 Å². The van der Waals surface area contributed by atoms with E-state index in [1.807, 2.05) is 24.3 Å². The van der Waals surface area contributed by atoms with Gasteiger partial charge in [0.2, 0.25) is 0 Å². The molecule has 0 bridgehead atoms. The van der Waals surface area contributed by atoms with Crippen molar-refractivity contribution in [2.24, 2.45) is 0 Å². The molecule has 7 aromatic rings. The molecule has 0 saturated carbocycles. The molecule has 0 amide bonds. The van der Waals surface area contributed by atoms with Crippen molar-refractivity contribution in [1.29, 1.82) is 0 Å². The summed E-state index contributed by atoms with van der Waals surface area (Å²) in [6.45, 7) is 0.0699. The lowest BCUT2D eigenvalue weighted by Crippen LogP contribution is -2.57. The van der Waals surface area contributed by atoms with Crippen LogP contribution < -0.4 is 25.9 Å². The van der Waals surface area contributed by atoms with Crippen LogP contribution in [0.5, 0.6) is 23.0 Å². The molecule has 3 heterocycles. The third kappa shape index (κ3) is 2.96. The van der Waals surface area contributed by atoms with Crippen LogP contribution in [0.4, 0.5) is 0 Å². The third-order valence-corrected chi connectivity index (χ3v) is 8.33. The normalized spacial score (nSPS) is 12.8. The molecule has 2 aliphatic rings. The van der Waals surface area contributed by atoms with E-state index in [1.54, 1.807) is 0 Å². The van der Waals surface area contributed by atoms with Crippen LogP contribution >= 0.6 is 0 Å². The molecule has 186 valence electrons. The van der Waals surface area contributed by atoms with Crippen molar-refractivity contribution in [3.8, 4) is 39.8 Å². The Balaban J connectivity index is 1.29. The first-order valence-electron chi connectivity index (χ1n) is 13.6. The fourth-order valence-corrected chi connectivity index (χ4v) is 6.64. The summed E-state index contributed by atoms with van der Waals surface area (Å²) >= 11 is 0. The van der Waals surface area contributed by atoms with Gasteiger partial charge >= 0.3 is 0 Å². The summed E-state index contributed by atoms with van der Waals surface area (Å²) in [5.41, 5.74) is 9.29. The van der Waals surface area contributed by atoms with Crippen LogP contribution in [0.1, 0.15) is 0 Å². The van der Waals surface area contributed by atoms with Crippen molar-refractivity contribution in [2.45, 2.75) is 0 Å². The summed E-state index contributed by atoms with van der Waals surface area (Å²) in [6, 6.07) is 47.0. The minimum atomic E-state index is 0.0699. The average Bonchev–Trinajstić information content (AvgIpc) is 3.36. The smallest absolute Gasteiger partial charge is 0.260 e. The highest BCUT2D eigenvalue weighted by atomic mass is 16.5. The Bertz CT molecular complexity index is 2130. The first-order chi connectivity index (χ1) is 19.8. The molecular weight excluding hydrogens is 489 g/mol. The number of fused-ring (bicyclic) bond motifs is 7. The van der Waals surface area contributed by atoms with E-state index in [1.165, 1.54) is 32.8 Å². The molecule has 3 nitrogen and oxygen atoms in total. The zero-order chi connectivity index (χ0) is 26.2. The minimum Gasteiger partial charge on any atom is -0.458 e. The van der Waals surface area contributed by atoms with Crippen LogP contribution in [0.2, 0.25) is 0 Å². The molecule has 6 aromatic carbocycles. The van der Waals surface area contributed by atoms with Crippen LogP contribution in [0, 0.1) is 0 Å². The molecule has 40 heavy (non-hydrogen) atoms. The van der Waals surface area contributed by atoms with Gasteiger partial charge < -0.3 is 14.0 Å². The molecule has 2 aliphatic heterocycles. The van der Waals surface area contributed by atoms with Gasteiger partial charge in [0.1, 0.15) is 23.0 Å². The molecule has 0 radical (unpaired) electrons. The molecular formula is C36H22BNO2. The Morgan fingerprint density at radius 1 is 0.500 bits per heavy atom. The van der Waals surface area contributed by atoms with Crippen molar-refractivity contribution in [3.05, 3.63) is 133 Å². The van der Waals surface area contributed by atoms with Crippen LogP contribution in [0.3, 0.4) is 0 Å². The summed E-state index contributed by atoms with van der Waals surface area (Å²) in [5, 5.41) is 2.49. The number of nitrogens with zero attached hydrogens (tertiary/aromatic N) is 1. The summed E-state index contributed by atoms with van der Waals surface area (Å²) in [7, 11) is 0. The number of para-hydroxylation sites is 4. The molecule has 0 N–H and O–H groups in total. The van der Waals surface area contributed by atoms with E-state index in [2.05, 4.69) is 114 Å². The Hall–Kier alpha value is -5.22. The Labute approximate surface area is 231 Å². The second kappa shape index (κ2) is 8.14. The van der Waals surface area contributed by atoms with Crippen molar-refractivity contribution in [3.63, 3.8) is 0 Å². The van der Waals surface area contributed by atoms with E-state index in [0.29, 0.717) is 0 Å². The van der Waals surface area contributed by atoms with E-state index >= 15 is 0 Å². The van der Waals surface area contributed by atoms with Gasteiger partial charge in [0.15, 0.2) is 0 Å². The lowest BCUT2D eigenvalue weighted by Gasteiger charge is -2.32. The van der Waals surface area contributed by atoms with Gasteiger partial charge in [0.25, 0.3) is 6.71 Å². The molecule has 9 rings (SSSR count). The first kappa shape index (κ1) is 21.7. The molecule has 4 heteroatoms. The summed E-state index contributed by atoms with van der Waals surface area (Å²) in [5.74, 6) is 3.53. The molecule has 0 atom stereocenters. The van der Waals surface area contributed by atoms with Crippen molar-refractivity contribution < 1.29 is 9.47 Å². The maximum Gasteiger partial charge on any atom is 0.260 e. The number of hydrogen-bond donors (Lipinski definition) is 0. The average molecular weight is 511 g/mol. The topological polar surface area (TPSA) is 23.4 Å². The molecule has 1 aromatic heterocycles. The number of ether oxygens (including phenoxy) is 2. The Morgan fingerprint density at radius 3 is 2.08 bits per heavy atom. The summed E-state index contributed by atoms with van der Waals surface area (Å²) in [6.07, 6.45) is 0. The molecule has 0 fully saturated rings. The van der Waals surface area contributed by atoms with Crippen LogP contribution in [-0.4, -0.2) is 11.3 Å². The van der Waals surface area contributed by atoms with E-state index in [-0.39, 0.29) is 6.71 Å². The van der Waals surface area contributed by atoms with Crippen molar-refractivity contribution >= 4 is 44.9 Å². The SMILES string of the molecule is c1ccc(-n2c3ccccc3c3cccc(-c4ccc5c(c4)Oc4cccc6c4B5c4ccccc4O6)c32)cc1. The van der Waals surface area contributed by atoms with Gasteiger partial charge in [-0.1, -0.05) is 91.0 Å². The van der Waals surface area contributed by atoms with Gasteiger partial charge in [-0.3, -0.25) is 0 Å². The van der Waals surface area contributed by atoms with Gasteiger partial charge in [-0.2, -0.15) is 0 Å². The molecule has 0 unspecified atom stereocenters. The standard InChI is InChI=1S/C36H22BNO2/c1-2-10-24(11-3-1)38-30-16-6-4-12-26(30)27-14-8-13-25(36(27)38)23-20-21-29-34(22-23)40-33-19-9-18-32-35(33)37(29)28-15-5-7-17-31(28)39-32/h1-22H. The monoisotopic (exact) mass is 511 g/mol. The lowest BCUT2D eigenvalue weighted by atomic mass is 9.35. The van der Waals surface area contributed by atoms with Gasteiger partial charge in [0.05, 0.1) is 11.0 Å². The van der Waals surface area contributed by atoms with E-state index in [4.69, 9.17) is 9.47 Å². The first-order valence-corrected chi connectivity index (χ1v) is 13.6. The number of hydrogen-bond acceptors (Lipinski definition) is 2. The van der Waals surface area contributed by atoms with E-state index in [9.17, 15) is 0 Å². The zero-order valence-corrected chi connectivity index (χ0v) is 21.5. The predicted molar refractivity (Wildman–Crippen MR) is 164 cm³/mol. The highest BCUT2D eigenvalue weighted by Gasteiger charge is 2.39. The van der Waals surface area contributed by atoms with Gasteiger partial charge in [-0.25, -0.2) is 0 Å². The van der Waals surface area contributed by atoms with Gasteiger partial charge in [-0.15, -0.1) is 0 Å². The van der Waals surface area contributed by atoms with Crippen molar-refractivity contribution in [1.82, 2.24) is 4.57 Å². The Kier molecular flexibility index (Phi) is 4.41. The van der Waals surface area contributed by atoms with Crippen LogP contribution in [-0.2, 0) is 0 Å². The van der Waals surface area contributed by atoms with E-state index < -0.39 is 0 Å². The van der Waals surface area contributed by atoms with E-state index in [0.717, 1.165) is 45.2 Å². The quantitative estimate of drug-likeness (QED) is 0.230. The predicted octanol–water partition coefficient (Wildman–Crippen LogP) is 7.18.